The number of hydrogen-bond acceptors (Lipinski definition) is 1. The summed E-state index contributed by atoms with van der Waals surface area (Å²) in [6, 6.07) is 0. The minimum Gasteiger partial charge on any atom is -0.303 e. The summed E-state index contributed by atoms with van der Waals surface area (Å²) >= 11 is 3.43. The second-order valence-corrected chi connectivity index (χ2v) is 3.87. The first-order chi connectivity index (χ1) is 5.81. The molecule has 0 heterocycles. The van der Waals surface area contributed by atoms with E-state index in [1.165, 1.54) is 25.8 Å². The van der Waals surface area contributed by atoms with Gasteiger partial charge >= 0.3 is 0 Å². The van der Waals surface area contributed by atoms with Gasteiger partial charge in [0.15, 0.2) is 0 Å². The van der Waals surface area contributed by atoms with Crippen molar-refractivity contribution in [2.45, 2.75) is 26.2 Å². The molecule has 0 aromatic heterocycles. The predicted molar refractivity (Wildman–Crippen MR) is 60.0 cm³/mol. The number of alkyl halides is 1. The molecule has 0 aliphatic heterocycles. The molecule has 0 N–H and O–H groups in total. The van der Waals surface area contributed by atoms with Gasteiger partial charge in [-0.05, 0) is 33.4 Å². The van der Waals surface area contributed by atoms with Crippen molar-refractivity contribution in [3.05, 3.63) is 12.2 Å². The van der Waals surface area contributed by atoms with Crippen LogP contribution in [0.15, 0.2) is 12.2 Å². The maximum Gasteiger partial charge on any atom is 0.0160 e. The van der Waals surface area contributed by atoms with Crippen LogP contribution in [0.2, 0.25) is 0 Å². The lowest BCUT2D eigenvalue weighted by molar-refractivity contribution is 0.359. The molecular formula is C10H20BrN. The van der Waals surface area contributed by atoms with E-state index in [-0.39, 0.29) is 0 Å². The van der Waals surface area contributed by atoms with Crippen molar-refractivity contribution in [1.29, 1.82) is 0 Å². The Labute approximate surface area is 85.0 Å². The van der Waals surface area contributed by atoms with E-state index in [1.807, 2.05) is 0 Å². The zero-order valence-electron chi connectivity index (χ0n) is 8.22. The van der Waals surface area contributed by atoms with E-state index in [0.717, 1.165) is 11.9 Å². The van der Waals surface area contributed by atoms with E-state index < -0.39 is 0 Å². The molecule has 0 spiro atoms. The fourth-order valence-corrected chi connectivity index (χ4v) is 1.43. The van der Waals surface area contributed by atoms with Gasteiger partial charge in [-0.15, -0.1) is 0 Å². The summed E-state index contributed by atoms with van der Waals surface area (Å²) in [5, 5.41) is 1.14. The molecule has 0 bridgehead atoms. The molecule has 2 heteroatoms. The first-order valence-electron chi connectivity index (χ1n) is 4.67. The molecule has 0 atom stereocenters. The van der Waals surface area contributed by atoms with Gasteiger partial charge in [0.2, 0.25) is 0 Å². The summed E-state index contributed by atoms with van der Waals surface area (Å²) in [5.74, 6) is 0. The van der Waals surface area contributed by atoms with Gasteiger partial charge in [0.1, 0.15) is 0 Å². The van der Waals surface area contributed by atoms with Crippen LogP contribution in [-0.4, -0.2) is 30.4 Å². The van der Waals surface area contributed by atoms with Gasteiger partial charge in [-0.25, -0.2) is 0 Å². The largest absolute Gasteiger partial charge is 0.303 e. The van der Waals surface area contributed by atoms with Gasteiger partial charge in [0.25, 0.3) is 0 Å². The summed E-state index contributed by atoms with van der Waals surface area (Å²) in [6.45, 7) is 4.38. The molecule has 0 aliphatic carbocycles. The van der Waals surface area contributed by atoms with E-state index in [1.54, 1.807) is 0 Å². The maximum atomic E-state index is 3.43. The average molecular weight is 234 g/mol. The van der Waals surface area contributed by atoms with Crippen LogP contribution in [-0.2, 0) is 0 Å². The van der Waals surface area contributed by atoms with Crippen LogP contribution >= 0.6 is 15.9 Å². The molecule has 12 heavy (non-hydrogen) atoms. The van der Waals surface area contributed by atoms with E-state index >= 15 is 0 Å². The van der Waals surface area contributed by atoms with Crippen molar-refractivity contribution in [2.75, 3.05) is 25.5 Å². The molecule has 1 nitrogen and oxygen atoms in total. The number of unbranched alkanes of at least 4 members (excludes halogenated alkanes) is 2. The normalized spacial score (nSPS) is 11.7. The molecule has 0 aromatic carbocycles. The van der Waals surface area contributed by atoms with Crippen LogP contribution < -0.4 is 0 Å². The monoisotopic (exact) mass is 233 g/mol. The Balaban J connectivity index is 3.13. The van der Waals surface area contributed by atoms with E-state index in [9.17, 15) is 0 Å². The van der Waals surface area contributed by atoms with Gasteiger partial charge in [-0.3, -0.25) is 0 Å². The first kappa shape index (κ1) is 12.2. The maximum absolute atomic E-state index is 3.43. The number of nitrogens with zero attached hydrogens (tertiary/aromatic N) is 1. The lowest BCUT2D eigenvalue weighted by Crippen LogP contribution is -2.19. The van der Waals surface area contributed by atoms with E-state index in [4.69, 9.17) is 0 Å². The van der Waals surface area contributed by atoms with Crippen molar-refractivity contribution >= 4 is 15.9 Å². The topological polar surface area (TPSA) is 3.24 Å². The second-order valence-electron chi connectivity index (χ2n) is 3.08. The zero-order chi connectivity index (χ0) is 9.23. The molecule has 0 unspecified atom stereocenters. The van der Waals surface area contributed by atoms with Crippen LogP contribution in [0.25, 0.3) is 0 Å². The number of likely N-dealkylation sites (N-methyl/N-ethyl adjacent to an activating group) is 1. The lowest BCUT2D eigenvalue weighted by Gasteiger charge is -2.13. The Bertz CT molecular complexity index is 112. The van der Waals surface area contributed by atoms with Crippen LogP contribution in [0.4, 0.5) is 0 Å². The number of halogens is 1. The lowest BCUT2D eigenvalue weighted by atomic mass is 10.2. The van der Waals surface area contributed by atoms with Gasteiger partial charge in [-0.2, -0.15) is 0 Å². The molecule has 0 fully saturated rings. The molecule has 0 rings (SSSR count). The third-order valence-electron chi connectivity index (χ3n) is 1.83. The SMILES string of the molecule is C/C=C/CN(C)CCCCCBr. The zero-order valence-corrected chi connectivity index (χ0v) is 9.81. The summed E-state index contributed by atoms with van der Waals surface area (Å²) in [7, 11) is 2.17. The Morgan fingerprint density at radius 3 is 2.58 bits per heavy atom. The molecule has 72 valence electrons. The highest BCUT2D eigenvalue weighted by Crippen LogP contribution is 1.99. The van der Waals surface area contributed by atoms with Crippen LogP contribution in [0.1, 0.15) is 26.2 Å². The number of hydrogen-bond donors (Lipinski definition) is 0. The quantitative estimate of drug-likeness (QED) is 0.372. The summed E-state index contributed by atoms with van der Waals surface area (Å²) < 4.78 is 0. The predicted octanol–water partition coefficient (Wildman–Crippen LogP) is 3.06. The molecule has 0 amide bonds. The molecular weight excluding hydrogens is 214 g/mol. The van der Waals surface area contributed by atoms with Crippen molar-refractivity contribution < 1.29 is 0 Å². The van der Waals surface area contributed by atoms with Crippen molar-refractivity contribution in [1.82, 2.24) is 4.90 Å². The van der Waals surface area contributed by atoms with Gasteiger partial charge < -0.3 is 4.90 Å². The Morgan fingerprint density at radius 1 is 1.25 bits per heavy atom. The fraction of sp³-hybridized carbons (Fsp3) is 0.800. The van der Waals surface area contributed by atoms with Crippen LogP contribution in [0.5, 0.6) is 0 Å². The van der Waals surface area contributed by atoms with E-state index in [0.29, 0.717) is 0 Å². The van der Waals surface area contributed by atoms with Crippen LogP contribution in [0, 0.1) is 0 Å². The van der Waals surface area contributed by atoms with E-state index in [2.05, 4.69) is 47.0 Å². The number of rotatable bonds is 7. The smallest absolute Gasteiger partial charge is 0.0160 e. The number of allylic oxidation sites excluding steroid dienone is 1. The van der Waals surface area contributed by atoms with Crippen molar-refractivity contribution in [2.24, 2.45) is 0 Å². The second kappa shape index (κ2) is 9.27. The summed E-state index contributed by atoms with van der Waals surface area (Å²) in [4.78, 5) is 2.36. The fourth-order valence-electron chi connectivity index (χ4n) is 1.03. The Morgan fingerprint density at radius 2 is 2.00 bits per heavy atom. The van der Waals surface area contributed by atoms with Gasteiger partial charge in [0.05, 0.1) is 0 Å². The highest BCUT2D eigenvalue weighted by molar-refractivity contribution is 9.09. The van der Waals surface area contributed by atoms with Crippen molar-refractivity contribution in [3.63, 3.8) is 0 Å². The van der Waals surface area contributed by atoms with Gasteiger partial charge in [0, 0.05) is 11.9 Å². The van der Waals surface area contributed by atoms with Gasteiger partial charge in [-0.1, -0.05) is 34.5 Å². The summed E-state index contributed by atoms with van der Waals surface area (Å²) in [5.41, 5.74) is 0. The van der Waals surface area contributed by atoms with Crippen LogP contribution in [0.3, 0.4) is 0 Å². The molecule has 0 radical (unpaired) electrons. The first-order valence-corrected chi connectivity index (χ1v) is 5.79. The highest BCUT2D eigenvalue weighted by atomic mass is 79.9. The minimum atomic E-state index is 1.09. The molecule has 0 aliphatic rings. The molecule has 0 aromatic rings. The molecule has 0 saturated heterocycles. The van der Waals surface area contributed by atoms with Crippen molar-refractivity contribution in [3.8, 4) is 0 Å². The Hall–Kier alpha value is 0.180. The third kappa shape index (κ3) is 8.28. The summed E-state index contributed by atoms with van der Waals surface area (Å²) in [6.07, 6.45) is 8.27. The highest BCUT2D eigenvalue weighted by Gasteiger charge is 1.93. The third-order valence-corrected chi connectivity index (χ3v) is 2.39. The molecule has 0 saturated carbocycles. The standard InChI is InChI=1S/C10H20BrN/c1-3-4-9-12(2)10-7-5-6-8-11/h3-4H,5-10H2,1-2H3/b4-3+. The average Bonchev–Trinajstić information content (AvgIpc) is 2.09. The minimum absolute atomic E-state index is 1.09. The Kier molecular flexibility index (Phi) is 9.41.